The van der Waals surface area contributed by atoms with Crippen LogP contribution in [-0.2, 0) is 5.60 Å². The summed E-state index contributed by atoms with van der Waals surface area (Å²) in [5, 5.41) is 11.3. The molecule has 2 rings (SSSR count). The molecule has 0 saturated carbocycles. The molecule has 1 N–H and O–H groups in total. The molecule has 0 heterocycles. The number of aliphatic hydroxyl groups is 1. The fourth-order valence-electron chi connectivity index (χ4n) is 2.53. The van der Waals surface area contributed by atoms with Crippen LogP contribution >= 0.6 is 0 Å². The van der Waals surface area contributed by atoms with E-state index in [2.05, 4.69) is 0 Å². The van der Waals surface area contributed by atoms with E-state index < -0.39 is 5.60 Å². The number of amides is 2. The lowest BCUT2D eigenvalue weighted by molar-refractivity contribution is 0.0491. The first-order chi connectivity index (χ1) is 10.4. The Labute approximate surface area is 131 Å². The lowest BCUT2D eigenvalue weighted by atomic mass is 9.86. The summed E-state index contributed by atoms with van der Waals surface area (Å²) in [7, 11) is 5.09. The van der Waals surface area contributed by atoms with Gasteiger partial charge in [-0.25, -0.2) is 4.79 Å². The average Bonchev–Trinajstić information content (AvgIpc) is 2.55. The normalized spacial score (nSPS) is 11.1. The molecule has 0 aliphatic rings. The molecule has 0 fully saturated rings. The topological polar surface area (TPSA) is 43.8 Å². The molecule has 4 nitrogen and oxygen atoms in total. The Bertz CT molecular complexity index is 572. The summed E-state index contributed by atoms with van der Waals surface area (Å²) in [6.07, 6.45) is 0. The van der Waals surface area contributed by atoms with Crippen LogP contribution in [0.25, 0.3) is 0 Å². The predicted molar refractivity (Wildman–Crippen MR) is 87.6 cm³/mol. The van der Waals surface area contributed by atoms with Gasteiger partial charge in [0.25, 0.3) is 0 Å². The summed E-state index contributed by atoms with van der Waals surface area (Å²) in [4.78, 5) is 15.1. The fourth-order valence-corrected chi connectivity index (χ4v) is 2.53. The van der Waals surface area contributed by atoms with Crippen LogP contribution in [0.15, 0.2) is 60.7 Å². The molecule has 0 aromatic heterocycles. The standard InChI is InChI=1S/C18H22N2O2/c1-19(2)17(21)20(3)14-18(22,15-10-6-4-7-11-15)16-12-8-5-9-13-16/h4-13,22H,14H2,1-3H3. The Morgan fingerprint density at radius 3 is 1.68 bits per heavy atom. The van der Waals surface area contributed by atoms with Gasteiger partial charge in [0.1, 0.15) is 5.60 Å². The lowest BCUT2D eigenvalue weighted by Crippen LogP contribution is -2.46. The summed E-state index contributed by atoms with van der Waals surface area (Å²) >= 11 is 0. The van der Waals surface area contributed by atoms with Gasteiger partial charge in [-0.05, 0) is 11.1 Å². The highest BCUT2D eigenvalue weighted by atomic mass is 16.3. The molecule has 0 radical (unpaired) electrons. The van der Waals surface area contributed by atoms with Crippen LogP contribution in [0, 0.1) is 0 Å². The molecule has 4 heteroatoms. The quantitative estimate of drug-likeness (QED) is 0.942. The van der Waals surface area contributed by atoms with Gasteiger partial charge in [0.05, 0.1) is 6.54 Å². The van der Waals surface area contributed by atoms with Gasteiger partial charge in [0, 0.05) is 21.1 Å². The first-order valence-electron chi connectivity index (χ1n) is 7.21. The Morgan fingerprint density at radius 2 is 1.32 bits per heavy atom. The van der Waals surface area contributed by atoms with Crippen molar-refractivity contribution in [2.75, 3.05) is 27.7 Å². The highest BCUT2D eigenvalue weighted by Gasteiger charge is 2.34. The molecule has 0 atom stereocenters. The summed E-state index contributed by atoms with van der Waals surface area (Å²) in [5.74, 6) is 0. The second-order valence-electron chi connectivity index (χ2n) is 5.63. The number of carbonyl (C=O) groups excluding carboxylic acids is 1. The number of carbonyl (C=O) groups is 1. The van der Waals surface area contributed by atoms with Gasteiger partial charge in [-0.15, -0.1) is 0 Å². The van der Waals surface area contributed by atoms with Crippen LogP contribution in [-0.4, -0.2) is 48.6 Å². The molecule has 0 aliphatic heterocycles. The van der Waals surface area contributed by atoms with Crippen molar-refractivity contribution in [3.05, 3.63) is 71.8 Å². The number of likely N-dealkylation sites (N-methyl/N-ethyl adjacent to an activating group) is 1. The van der Waals surface area contributed by atoms with Gasteiger partial charge in [-0.1, -0.05) is 60.7 Å². The molecular formula is C18H22N2O2. The Hall–Kier alpha value is -2.33. The van der Waals surface area contributed by atoms with E-state index in [1.54, 1.807) is 21.1 Å². The molecule has 0 spiro atoms. The third kappa shape index (κ3) is 3.28. The second kappa shape index (κ2) is 6.62. The van der Waals surface area contributed by atoms with Crippen molar-refractivity contribution in [2.24, 2.45) is 0 Å². The average molecular weight is 298 g/mol. The van der Waals surface area contributed by atoms with Crippen molar-refractivity contribution in [3.8, 4) is 0 Å². The zero-order chi connectivity index (χ0) is 16.2. The minimum Gasteiger partial charge on any atom is -0.379 e. The minimum absolute atomic E-state index is 0.148. The molecule has 22 heavy (non-hydrogen) atoms. The highest BCUT2D eigenvalue weighted by molar-refractivity contribution is 5.73. The molecule has 0 saturated heterocycles. The lowest BCUT2D eigenvalue weighted by Gasteiger charge is -2.34. The van der Waals surface area contributed by atoms with Gasteiger partial charge >= 0.3 is 6.03 Å². The number of hydrogen-bond acceptors (Lipinski definition) is 2. The summed E-state index contributed by atoms with van der Waals surface area (Å²) in [5.41, 5.74) is 0.280. The van der Waals surface area contributed by atoms with E-state index in [1.807, 2.05) is 60.7 Å². The fraction of sp³-hybridized carbons (Fsp3) is 0.278. The van der Waals surface area contributed by atoms with Crippen LogP contribution in [0.5, 0.6) is 0 Å². The van der Waals surface area contributed by atoms with E-state index in [1.165, 1.54) is 9.80 Å². The maximum Gasteiger partial charge on any atom is 0.319 e. The van der Waals surface area contributed by atoms with Crippen molar-refractivity contribution in [3.63, 3.8) is 0 Å². The first-order valence-corrected chi connectivity index (χ1v) is 7.21. The molecular weight excluding hydrogens is 276 g/mol. The summed E-state index contributed by atoms with van der Waals surface area (Å²) in [6, 6.07) is 18.7. The predicted octanol–water partition coefficient (Wildman–Crippen LogP) is 2.54. The number of nitrogens with zero attached hydrogens (tertiary/aromatic N) is 2. The van der Waals surface area contributed by atoms with Crippen molar-refractivity contribution in [1.29, 1.82) is 0 Å². The largest absolute Gasteiger partial charge is 0.379 e. The molecule has 2 aromatic carbocycles. The summed E-state index contributed by atoms with van der Waals surface area (Å²) in [6.45, 7) is 0.179. The van der Waals surface area contributed by atoms with E-state index in [-0.39, 0.29) is 12.6 Å². The van der Waals surface area contributed by atoms with Crippen molar-refractivity contribution in [1.82, 2.24) is 9.80 Å². The molecule has 2 amide bonds. The van der Waals surface area contributed by atoms with Gasteiger partial charge in [0.2, 0.25) is 0 Å². The van der Waals surface area contributed by atoms with Crippen LogP contribution in [0.2, 0.25) is 0 Å². The van der Waals surface area contributed by atoms with Crippen LogP contribution in [0.4, 0.5) is 4.79 Å². The second-order valence-corrected chi connectivity index (χ2v) is 5.63. The summed E-state index contributed by atoms with van der Waals surface area (Å²) < 4.78 is 0. The zero-order valence-electron chi connectivity index (χ0n) is 13.2. The zero-order valence-corrected chi connectivity index (χ0v) is 13.2. The van der Waals surface area contributed by atoms with Gasteiger partial charge < -0.3 is 14.9 Å². The van der Waals surface area contributed by atoms with E-state index in [4.69, 9.17) is 0 Å². The molecule has 2 aromatic rings. The van der Waals surface area contributed by atoms with E-state index in [9.17, 15) is 9.90 Å². The number of benzene rings is 2. The maximum atomic E-state index is 12.1. The van der Waals surface area contributed by atoms with Crippen molar-refractivity contribution >= 4 is 6.03 Å². The molecule has 116 valence electrons. The van der Waals surface area contributed by atoms with Crippen LogP contribution < -0.4 is 0 Å². The Balaban J connectivity index is 2.41. The minimum atomic E-state index is -1.25. The van der Waals surface area contributed by atoms with Gasteiger partial charge in [-0.2, -0.15) is 0 Å². The van der Waals surface area contributed by atoms with Gasteiger partial charge in [0.15, 0.2) is 0 Å². The van der Waals surface area contributed by atoms with Crippen molar-refractivity contribution in [2.45, 2.75) is 5.60 Å². The van der Waals surface area contributed by atoms with E-state index >= 15 is 0 Å². The van der Waals surface area contributed by atoms with E-state index in [0.717, 1.165) is 11.1 Å². The number of urea groups is 1. The third-order valence-electron chi connectivity index (χ3n) is 3.68. The highest BCUT2D eigenvalue weighted by Crippen LogP contribution is 2.30. The Kier molecular flexibility index (Phi) is 4.83. The SMILES string of the molecule is CN(C)C(=O)N(C)CC(O)(c1ccccc1)c1ccccc1. The number of hydrogen-bond donors (Lipinski definition) is 1. The smallest absolute Gasteiger partial charge is 0.319 e. The Morgan fingerprint density at radius 1 is 0.909 bits per heavy atom. The van der Waals surface area contributed by atoms with Gasteiger partial charge in [-0.3, -0.25) is 0 Å². The van der Waals surface area contributed by atoms with Crippen LogP contribution in [0.1, 0.15) is 11.1 Å². The third-order valence-corrected chi connectivity index (χ3v) is 3.68. The van der Waals surface area contributed by atoms with Crippen molar-refractivity contribution < 1.29 is 9.90 Å². The first kappa shape index (κ1) is 16.0. The van der Waals surface area contributed by atoms with E-state index in [0.29, 0.717) is 0 Å². The molecule has 0 bridgehead atoms. The molecule has 0 aliphatic carbocycles. The molecule has 0 unspecified atom stereocenters. The monoisotopic (exact) mass is 298 g/mol. The van der Waals surface area contributed by atoms with Crippen LogP contribution in [0.3, 0.4) is 0 Å². The maximum absolute atomic E-state index is 12.1. The number of rotatable bonds is 4.